The van der Waals surface area contributed by atoms with Crippen molar-refractivity contribution in [2.45, 2.75) is 17.8 Å². The predicted octanol–water partition coefficient (Wildman–Crippen LogP) is 4.13. The standard InChI is InChI=1S/C23H23F3N4O3S/c1-32-19-7-5-16(6-8-19)13-20-27-28-22(33-20)34-15-21(31)30-11-9-29(10-12-30)18-4-2-3-17(14-18)23(24,25)26/h2-8,14H,9-13,15H2,1H3. The van der Waals surface area contributed by atoms with Crippen LogP contribution in [0.4, 0.5) is 18.9 Å². The Morgan fingerprint density at radius 3 is 2.50 bits per heavy atom. The SMILES string of the molecule is COc1ccc(Cc2nnc(SCC(=O)N3CCN(c4cccc(C(F)(F)F)c4)CC3)o2)cc1. The van der Waals surface area contributed by atoms with Crippen molar-refractivity contribution >= 4 is 23.4 Å². The highest BCUT2D eigenvalue weighted by atomic mass is 32.2. The van der Waals surface area contributed by atoms with Gasteiger partial charge >= 0.3 is 6.18 Å². The van der Waals surface area contributed by atoms with E-state index in [1.54, 1.807) is 18.1 Å². The van der Waals surface area contributed by atoms with Crippen molar-refractivity contribution in [3.05, 3.63) is 65.5 Å². The van der Waals surface area contributed by atoms with Crippen molar-refractivity contribution in [2.75, 3.05) is 43.9 Å². The molecule has 0 bridgehead atoms. The van der Waals surface area contributed by atoms with Gasteiger partial charge in [0.1, 0.15) is 5.75 Å². The van der Waals surface area contributed by atoms with Gasteiger partial charge in [-0.2, -0.15) is 13.2 Å². The van der Waals surface area contributed by atoms with E-state index in [1.807, 2.05) is 29.2 Å². The van der Waals surface area contributed by atoms with Crippen molar-refractivity contribution in [1.29, 1.82) is 0 Å². The van der Waals surface area contributed by atoms with E-state index in [0.29, 0.717) is 49.4 Å². The number of hydrogen-bond acceptors (Lipinski definition) is 7. The molecular weight excluding hydrogens is 469 g/mol. The molecule has 0 aliphatic carbocycles. The maximum absolute atomic E-state index is 13.0. The number of ether oxygens (including phenoxy) is 1. The summed E-state index contributed by atoms with van der Waals surface area (Å²) in [5.74, 6) is 1.28. The third-order valence-electron chi connectivity index (χ3n) is 5.45. The predicted molar refractivity (Wildman–Crippen MR) is 121 cm³/mol. The minimum Gasteiger partial charge on any atom is -0.497 e. The van der Waals surface area contributed by atoms with Crippen LogP contribution in [-0.4, -0.2) is 60.0 Å². The van der Waals surface area contributed by atoms with Crippen LogP contribution in [-0.2, 0) is 17.4 Å². The first-order valence-electron chi connectivity index (χ1n) is 10.6. The van der Waals surface area contributed by atoms with Crippen LogP contribution in [0.15, 0.2) is 58.2 Å². The number of nitrogens with zero attached hydrogens (tertiary/aromatic N) is 4. The molecule has 1 fully saturated rings. The summed E-state index contributed by atoms with van der Waals surface area (Å²) in [5.41, 5.74) is 0.827. The van der Waals surface area contributed by atoms with Crippen molar-refractivity contribution in [2.24, 2.45) is 0 Å². The number of piperazine rings is 1. The number of hydrogen-bond donors (Lipinski definition) is 0. The summed E-state index contributed by atoms with van der Waals surface area (Å²) in [4.78, 5) is 16.2. The molecule has 1 aliphatic rings. The molecule has 0 N–H and O–H groups in total. The van der Waals surface area contributed by atoms with E-state index < -0.39 is 11.7 Å². The quantitative estimate of drug-likeness (QED) is 0.460. The van der Waals surface area contributed by atoms with Gasteiger partial charge in [0.15, 0.2) is 0 Å². The summed E-state index contributed by atoms with van der Waals surface area (Å²) in [7, 11) is 1.61. The van der Waals surface area contributed by atoms with Gasteiger partial charge in [0.25, 0.3) is 5.22 Å². The molecule has 1 saturated heterocycles. The number of thioether (sulfide) groups is 1. The molecule has 7 nitrogen and oxygen atoms in total. The van der Waals surface area contributed by atoms with Crippen molar-refractivity contribution in [3.8, 4) is 5.75 Å². The zero-order chi connectivity index (χ0) is 24.1. The first-order chi connectivity index (χ1) is 16.3. The van der Waals surface area contributed by atoms with Gasteiger partial charge in [0.2, 0.25) is 11.8 Å². The second-order valence-electron chi connectivity index (χ2n) is 7.69. The van der Waals surface area contributed by atoms with Crippen LogP contribution >= 0.6 is 11.8 Å². The monoisotopic (exact) mass is 492 g/mol. The molecule has 0 unspecified atom stereocenters. The zero-order valence-electron chi connectivity index (χ0n) is 18.4. The molecule has 4 rings (SSSR count). The van der Waals surface area contributed by atoms with Gasteiger partial charge in [-0.1, -0.05) is 30.0 Å². The average Bonchev–Trinajstić information content (AvgIpc) is 3.30. The highest BCUT2D eigenvalue weighted by Gasteiger charge is 2.31. The summed E-state index contributed by atoms with van der Waals surface area (Å²) < 4.78 is 49.7. The van der Waals surface area contributed by atoms with Crippen LogP contribution in [0.3, 0.4) is 0 Å². The van der Waals surface area contributed by atoms with Crippen LogP contribution < -0.4 is 9.64 Å². The number of carbonyl (C=O) groups excluding carboxylic acids is 1. The molecule has 3 aromatic rings. The Morgan fingerprint density at radius 2 is 1.82 bits per heavy atom. The number of carbonyl (C=O) groups is 1. The fourth-order valence-corrected chi connectivity index (χ4v) is 4.28. The average molecular weight is 493 g/mol. The molecule has 1 aliphatic heterocycles. The summed E-state index contributed by atoms with van der Waals surface area (Å²) in [6, 6.07) is 12.8. The number of rotatable bonds is 7. The summed E-state index contributed by atoms with van der Waals surface area (Å²) in [6.45, 7) is 1.79. The Hall–Kier alpha value is -3.21. The number of anilines is 1. The van der Waals surface area contributed by atoms with Gasteiger partial charge in [-0.3, -0.25) is 4.79 Å². The number of alkyl halides is 3. The largest absolute Gasteiger partial charge is 0.497 e. The van der Waals surface area contributed by atoms with Crippen LogP contribution in [0.25, 0.3) is 0 Å². The number of halogens is 3. The maximum Gasteiger partial charge on any atom is 0.416 e. The highest BCUT2D eigenvalue weighted by molar-refractivity contribution is 7.99. The molecule has 0 atom stereocenters. The Balaban J connectivity index is 1.25. The first kappa shape index (κ1) is 23.9. The van der Waals surface area contributed by atoms with E-state index in [-0.39, 0.29) is 11.7 Å². The van der Waals surface area contributed by atoms with Gasteiger partial charge in [-0.15, -0.1) is 10.2 Å². The van der Waals surface area contributed by atoms with Gasteiger partial charge in [0, 0.05) is 31.9 Å². The summed E-state index contributed by atoms with van der Waals surface area (Å²) in [5, 5.41) is 8.34. The molecule has 1 amide bonds. The topological polar surface area (TPSA) is 71.7 Å². The fraction of sp³-hybridized carbons (Fsp3) is 0.348. The Labute approximate surface area is 198 Å². The Kier molecular flexibility index (Phi) is 7.30. The lowest BCUT2D eigenvalue weighted by Crippen LogP contribution is -2.49. The third kappa shape index (κ3) is 6.02. The number of benzene rings is 2. The molecule has 1 aromatic heterocycles. The van der Waals surface area contributed by atoms with Crippen LogP contribution in [0.2, 0.25) is 0 Å². The molecule has 34 heavy (non-hydrogen) atoms. The Morgan fingerprint density at radius 1 is 1.09 bits per heavy atom. The van der Waals surface area contributed by atoms with Crippen molar-refractivity contribution in [3.63, 3.8) is 0 Å². The molecule has 0 spiro atoms. The molecular formula is C23H23F3N4O3S. The highest BCUT2D eigenvalue weighted by Crippen LogP contribution is 2.32. The van der Waals surface area contributed by atoms with Gasteiger partial charge < -0.3 is 19.0 Å². The van der Waals surface area contributed by atoms with Crippen LogP contribution in [0.5, 0.6) is 5.75 Å². The fourth-order valence-electron chi connectivity index (χ4n) is 3.59. The zero-order valence-corrected chi connectivity index (χ0v) is 19.2. The van der Waals surface area contributed by atoms with Gasteiger partial charge in [0.05, 0.1) is 24.8 Å². The summed E-state index contributed by atoms with van der Waals surface area (Å²) >= 11 is 1.17. The molecule has 0 radical (unpaired) electrons. The van der Waals surface area contributed by atoms with E-state index in [1.165, 1.54) is 17.8 Å². The second kappa shape index (κ2) is 10.4. The Bertz CT molecular complexity index is 1110. The first-order valence-corrected chi connectivity index (χ1v) is 11.6. The van der Waals surface area contributed by atoms with Gasteiger partial charge in [-0.05, 0) is 35.9 Å². The van der Waals surface area contributed by atoms with Crippen molar-refractivity contribution < 1.29 is 27.1 Å². The smallest absolute Gasteiger partial charge is 0.416 e. The molecule has 2 aromatic carbocycles. The van der Waals surface area contributed by atoms with E-state index in [4.69, 9.17) is 9.15 Å². The molecule has 11 heteroatoms. The van der Waals surface area contributed by atoms with E-state index in [2.05, 4.69) is 10.2 Å². The normalized spacial score (nSPS) is 14.4. The molecule has 2 heterocycles. The third-order valence-corrected chi connectivity index (χ3v) is 6.26. The maximum atomic E-state index is 13.0. The molecule has 180 valence electrons. The summed E-state index contributed by atoms with van der Waals surface area (Å²) in [6.07, 6.45) is -3.91. The lowest BCUT2D eigenvalue weighted by molar-refractivity contribution is -0.137. The number of aromatic nitrogens is 2. The van der Waals surface area contributed by atoms with Crippen LogP contribution in [0, 0.1) is 0 Å². The second-order valence-corrected chi connectivity index (χ2v) is 8.62. The van der Waals surface area contributed by atoms with E-state index in [9.17, 15) is 18.0 Å². The number of methoxy groups -OCH3 is 1. The molecule has 0 saturated carbocycles. The van der Waals surface area contributed by atoms with Gasteiger partial charge in [-0.25, -0.2) is 0 Å². The lowest BCUT2D eigenvalue weighted by Gasteiger charge is -2.36. The van der Waals surface area contributed by atoms with Crippen molar-refractivity contribution in [1.82, 2.24) is 15.1 Å². The lowest BCUT2D eigenvalue weighted by atomic mass is 10.1. The number of amides is 1. The van der Waals surface area contributed by atoms with E-state index in [0.717, 1.165) is 23.4 Å². The minimum absolute atomic E-state index is 0.0800. The van der Waals surface area contributed by atoms with E-state index >= 15 is 0 Å². The minimum atomic E-state index is -4.38. The van der Waals surface area contributed by atoms with Crippen LogP contribution in [0.1, 0.15) is 17.0 Å².